The molecule has 2 aromatic heterocycles. The summed E-state index contributed by atoms with van der Waals surface area (Å²) < 4.78 is 7.69. The number of hydrogen-bond acceptors (Lipinski definition) is 4. The number of aromatic nitrogens is 3. The molecule has 0 spiro atoms. The summed E-state index contributed by atoms with van der Waals surface area (Å²) in [5.41, 5.74) is 2.49. The van der Waals surface area contributed by atoms with Crippen LogP contribution in [-0.2, 0) is 7.05 Å². The Kier molecular flexibility index (Phi) is 3.58. The molecular formula is C20H22N4O2. The monoisotopic (exact) mass is 350 g/mol. The van der Waals surface area contributed by atoms with Gasteiger partial charge in [0.1, 0.15) is 12.1 Å². The summed E-state index contributed by atoms with van der Waals surface area (Å²) in [6.07, 6.45) is 6.88. The fourth-order valence-electron chi connectivity index (χ4n) is 4.12. The van der Waals surface area contributed by atoms with Crippen LogP contribution in [0, 0.1) is 0 Å². The topological polar surface area (TPSA) is 64.2 Å². The third-order valence-corrected chi connectivity index (χ3v) is 5.83. The van der Waals surface area contributed by atoms with Gasteiger partial charge in [-0.15, -0.1) is 0 Å². The summed E-state index contributed by atoms with van der Waals surface area (Å²) in [5.74, 6) is 2.01. The van der Waals surface area contributed by atoms with Crippen LogP contribution in [0.1, 0.15) is 66.3 Å². The molecular weight excluding hydrogens is 328 g/mol. The molecule has 2 aliphatic rings. The number of hydrogen-bond donors (Lipinski definition) is 0. The van der Waals surface area contributed by atoms with E-state index in [1.165, 1.54) is 12.7 Å². The molecule has 3 aromatic rings. The molecule has 6 heteroatoms. The number of rotatable bonds is 3. The van der Waals surface area contributed by atoms with Crippen molar-refractivity contribution < 1.29 is 9.21 Å². The van der Waals surface area contributed by atoms with Crippen LogP contribution < -0.4 is 0 Å². The molecule has 1 aliphatic carbocycles. The van der Waals surface area contributed by atoms with Gasteiger partial charge in [0.15, 0.2) is 11.6 Å². The highest BCUT2D eigenvalue weighted by atomic mass is 16.3. The molecule has 1 amide bonds. The molecule has 1 aromatic carbocycles. The smallest absolute Gasteiger partial charge is 0.276 e. The number of imidazole rings is 1. The first-order valence-electron chi connectivity index (χ1n) is 9.40. The lowest BCUT2D eigenvalue weighted by Gasteiger charge is -2.23. The molecule has 1 saturated heterocycles. The van der Waals surface area contributed by atoms with Crippen molar-refractivity contribution in [2.75, 3.05) is 6.54 Å². The van der Waals surface area contributed by atoms with Gasteiger partial charge in [-0.1, -0.05) is 18.6 Å². The number of likely N-dealkylation sites (tertiary alicyclic amines) is 1. The van der Waals surface area contributed by atoms with Crippen LogP contribution in [0.25, 0.3) is 11.0 Å². The van der Waals surface area contributed by atoms with Crippen LogP contribution in [0.2, 0.25) is 0 Å². The van der Waals surface area contributed by atoms with Crippen molar-refractivity contribution in [1.82, 2.24) is 19.4 Å². The number of aryl methyl sites for hydroxylation is 1. The van der Waals surface area contributed by atoms with E-state index in [4.69, 9.17) is 9.40 Å². The summed E-state index contributed by atoms with van der Waals surface area (Å²) in [6.45, 7) is 0.734. The SMILES string of the molecule is Cn1c(C2CCCN2C(=O)c2coc(C3CCC3)n2)nc2ccccc21. The molecule has 5 rings (SSSR count). The van der Waals surface area contributed by atoms with E-state index in [-0.39, 0.29) is 11.9 Å². The molecule has 1 aliphatic heterocycles. The quantitative estimate of drug-likeness (QED) is 0.720. The standard InChI is InChI=1S/C20H22N4O2/c1-23-16-9-3-2-8-14(16)21-18(23)17-10-5-11-24(17)20(25)15-12-26-19(22-15)13-6-4-7-13/h2-3,8-9,12-13,17H,4-7,10-11H2,1H3. The number of fused-ring (bicyclic) bond motifs is 1. The number of carbonyl (C=O) groups excluding carboxylic acids is 1. The maximum Gasteiger partial charge on any atom is 0.276 e. The molecule has 134 valence electrons. The van der Waals surface area contributed by atoms with Gasteiger partial charge in [0.25, 0.3) is 5.91 Å². The average molecular weight is 350 g/mol. The summed E-state index contributed by atoms with van der Waals surface area (Å²) in [5, 5.41) is 0. The maximum absolute atomic E-state index is 13.1. The third-order valence-electron chi connectivity index (χ3n) is 5.83. The average Bonchev–Trinajstić information content (AvgIpc) is 3.32. The molecule has 1 unspecified atom stereocenters. The van der Waals surface area contributed by atoms with Gasteiger partial charge in [0.2, 0.25) is 0 Å². The van der Waals surface area contributed by atoms with E-state index in [1.807, 2.05) is 30.1 Å². The Labute approximate surface area is 151 Å². The lowest BCUT2D eigenvalue weighted by molar-refractivity contribution is 0.0722. The summed E-state index contributed by atoms with van der Waals surface area (Å²) in [4.78, 5) is 24.3. The zero-order valence-electron chi connectivity index (χ0n) is 14.9. The second-order valence-electron chi connectivity index (χ2n) is 7.37. The summed E-state index contributed by atoms with van der Waals surface area (Å²) >= 11 is 0. The first-order valence-corrected chi connectivity index (χ1v) is 9.40. The van der Waals surface area contributed by atoms with Crippen LogP contribution in [0.5, 0.6) is 0 Å². The number of benzene rings is 1. The number of amides is 1. The molecule has 26 heavy (non-hydrogen) atoms. The van der Waals surface area contributed by atoms with Gasteiger partial charge in [0.05, 0.1) is 17.1 Å². The molecule has 1 atom stereocenters. The van der Waals surface area contributed by atoms with E-state index in [1.54, 1.807) is 0 Å². The number of carbonyl (C=O) groups is 1. The Bertz CT molecular complexity index is 969. The van der Waals surface area contributed by atoms with E-state index in [9.17, 15) is 4.79 Å². The first-order chi connectivity index (χ1) is 12.7. The molecule has 1 saturated carbocycles. The van der Waals surface area contributed by atoms with Crippen molar-refractivity contribution in [2.45, 2.75) is 44.1 Å². The molecule has 0 bridgehead atoms. The predicted molar refractivity (Wildman–Crippen MR) is 96.8 cm³/mol. The zero-order valence-corrected chi connectivity index (χ0v) is 14.9. The highest BCUT2D eigenvalue weighted by Gasteiger charge is 2.35. The van der Waals surface area contributed by atoms with Gasteiger partial charge < -0.3 is 13.9 Å². The Morgan fingerprint density at radius 3 is 2.77 bits per heavy atom. The van der Waals surface area contributed by atoms with Crippen molar-refractivity contribution in [3.05, 3.63) is 47.9 Å². The Morgan fingerprint density at radius 1 is 1.15 bits per heavy atom. The first kappa shape index (κ1) is 15.6. The molecule has 6 nitrogen and oxygen atoms in total. The number of para-hydroxylation sites is 2. The van der Waals surface area contributed by atoms with Gasteiger partial charge in [0, 0.05) is 19.5 Å². The highest BCUT2D eigenvalue weighted by Crippen LogP contribution is 2.37. The van der Waals surface area contributed by atoms with Crippen LogP contribution in [0.4, 0.5) is 0 Å². The minimum atomic E-state index is -0.0473. The molecule has 2 fully saturated rings. The Hall–Kier alpha value is -2.63. The van der Waals surface area contributed by atoms with Gasteiger partial charge in [-0.05, 0) is 37.8 Å². The minimum absolute atomic E-state index is 0.0104. The lowest BCUT2D eigenvalue weighted by Crippen LogP contribution is -2.32. The molecule has 3 heterocycles. The Balaban J connectivity index is 1.45. The van der Waals surface area contributed by atoms with Gasteiger partial charge in [-0.3, -0.25) is 4.79 Å². The van der Waals surface area contributed by atoms with Crippen LogP contribution in [0.3, 0.4) is 0 Å². The van der Waals surface area contributed by atoms with E-state index in [0.717, 1.165) is 55.0 Å². The Morgan fingerprint density at radius 2 is 2.00 bits per heavy atom. The number of oxazole rings is 1. The predicted octanol–water partition coefficient (Wildman–Crippen LogP) is 3.81. The molecule has 0 N–H and O–H groups in total. The van der Waals surface area contributed by atoms with Crippen LogP contribution >= 0.6 is 0 Å². The normalized spacial score (nSPS) is 20.7. The third kappa shape index (κ3) is 2.35. The van der Waals surface area contributed by atoms with Crippen molar-refractivity contribution >= 4 is 16.9 Å². The van der Waals surface area contributed by atoms with E-state index in [2.05, 4.69) is 15.6 Å². The largest absolute Gasteiger partial charge is 0.448 e. The second kappa shape index (κ2) is 5.97. The van der Waals surface area contributed by atoms with E-state index in [0.29, 0.717) is 11.6 Å². The van der Waals surface area contributed by atoms with Gasteiger partial charge >= 0.3 is 0 Å². The number of nitrogens with zero attached hydrogens (tertiary/aromatic N) is 4. The zero-order chi connectivity index (χ0) is 17.7. The van der Waals surface area contributed by atoms with Gasteiger partial charge in [-0.2, -0.15) is 0 Å². The van der Waals surface area contributed by atoms with Crippen molar-refractivity contribution in [2.24, 2.45) is 7.05 Å². The van der Waals surface area contributed by atoms with Crippen molar-refractivity contribution in [3.8, 4) is 0 Å². The van der Waals surface area contributed by atoms with E-state index >= 15 is 0 Å². The van der Waals surface area contributed by atoms with Crippen LogP contribution in [0.15, 0.2) is 34.9 Å². The maximum atomic E-state index is 13.1. The fraction of sp³-hybridized carbons (Fsp3) is 0.450. The van der Waals surface area contributed by atoms with Gasteiger partial charge in [-0.25, -0.2) is 9.97 Å². The minimum Gasteiger partial charge on any atom is -0.448 e. The van der Waals surface area contributed by atoms with Crippen LogP contribution in [-0.4, -0.2) is 31.9 Å². The second-order valence-corrected chi connectivity index (χ2v) is 7.37. The van der Waals surface area contributed by atoms with Crippen molar-refractivity contribution in [1.29, 1.82) is 0 Å². The molecule has 0 radical (unpaired) electrons. The summed E-state index contributed by atoms with van der Waals surface area (Å²) in [7, 11) is 2.02. The fourth-order valence-corrected chi connectivity index (χ4v) is 4.12. The highest BCUT2D eigenvalue weighted by molar-refractivity contribution is 5.92. The summed E-state index contributed by atoms with van der Waals surface area (Å²) in [6, 6.07) is 8.08. The lowest BCUT2D eigenvalue weighted by atomic mass is 9.85. The van der Waals surface area contributed by atoms with E-state index < -0.39 is 0 Å². The van der Waals surface area contributed by atoms with Crippen molar-refractivity contribution in [3.63, 3.8) is 0 Å².